The second-order valence-corrected chi connectivity index (χ2v) is 11.0. The van der Waals surface area contributed by atoms with Crippen molar-refractivity contribution < 1.29 is 16.8 Å². The van der Waals surface area contributed by atoms with Crippen LogP contribution in [0.1, 0.15) is 0 Å². The third-order valence-corrected chi connectivity index (χ3v) is 7.99. The Morgan fingerprint density at radius 2 is 1.33 bits per heavy atom. The summed E-state index contributed by atoms with van der Waals surface area (Å²) in [6.07, 6.45) is 1.48. The Balaban J connectivity index is 1.53. The highest BCUT2D eigenvalue weighted by Crippen LogP contribution is 2.26. The lowest BCUT2D eigenvalue weighted by atomic mass is 10.3. The average Bonchev–Trinajstić information content (AvgIpc) is 3.23. The van der Waals surface area contributed by atoms with Crippen LogP contribution in [-0.4, -0.2) is 26.6 Å². The van der Waals surface area contributed by atoms with Crippen molar-refractivity contribution in [2.75, 3.05) is 9.44 Å². The summed E-state index contributed by atoms with van der Waals surface area (Å²) in [5, 5.41) is 4.48. The van der Waals surface area contributed by atoms with Gasteiger partial charge in [0.05, 0.1) is 31.7 Å². The molecule has 12 heteroatoms. The van der Waals surface area contributed by atoms with E-state index in [-0.39, 0.29) is 31.3 Å². The lowest BCUT2D eigenvalue weighted by Crippen LogP contribution is -2.16. The molecule has 2 N–H and O–H groups in total. The first-order valence-electron chi connectivity index (χ1n) is 9.36. The van der Waals surface area contributed by atoms with Gasteiger partial charge in [0.1, 0.15) is 5.82 Å². The van der Waals surface area contributed by atoms with E-state index in [1.54, 1.807) is 12.1 Å². The maximum absolute atomic E-state index is 12.9. The molecule has 1 aromatic heterocycles. The molecule has 0 atom stereocenters. The zero-order valence-electron chi connectivity index (χ0n) is 16.7. The summed E-state index contributed by atoms with van der Waals surface area (Å²) in [5.41, 5.74) is 0.863. The topological polar surface area (TPSA) is 110 Å². The van der Waals surface area contributed by atoms with Gasteiger partial charge in [-0.15, -0.1) is 0 Å². The summed E-state index contributed by atoms with van der Waals surface area (Å²) in [6, 6.07) is 19.8. The number of benzene rings is 3. The van der Waals surface area contributed by atoms with Gasteiger partial charge in [-0.1, -0.05) is 41.4 Å². The van der Waals surface area contributed by atoms with Crippen LogP contribution in [0.2, 0.25) is 10.0 Å². The molecule has 170 valence electrons. The molecule has 0 aliphatic rings. The molecule has 3 aromatic carbocycles. The van der Waals surface area contributed by atoms with E-state index in [4.69, 9.17) is 23.2 Å². The second-order valence-electron chi connectivity index (χ2n) is 6.78. The molecule has 0 unspecified atom stereocenters. The van der Waals surface area contributed by atoms with Gasteiger partial charge in [-0.2, -0.15) is 5.10 Å². The first-order chi connectivity index (χ1) is 15.7. The molecule has 0 amide bonds. The Morgan fingerprint density at radius 1 is 0.697 bits per heavy atom. The van der Waals surface area contributed by atoms with Crippen LogP contribution < -0.4 is 9.44 Å². The number of hydrogen-bond acceptors (Lipinski definition) is 5. The number of rotatable bonds is 7. The molecule has 4 aromatic rings. The van der Waals surface area contributed by atoms with Crippen LogP contribution in [0.25, 0.3) is 5.69 Å². The monoisotopic (exact) mass is 522 g/mol. The third-order valence-electron chi connectivity index (χ3n) is 4.50. The molecule has 0 aliphatic heterocycles. The van der Waals surface area contributed by atoms with Gasteiger partial charge in [0.2, 0.25) is 0 Å². The van der Waals surface area contributed by atoms with Gasteiger partial charge in [0.15, 0.2) is 0 Å². The van der Waals surface area contributed by atoms with E-state index < -0.39 is 20.0 Å². The molecular weight excluding hydrogens is 507 g/mol. The number of nitrogens with zero attached hydrogens (tertiary/aromatic N) is 2. The lowest BCUT2D eigenvalue weighted by Gasteiger charge is -2.12. The number of hydrogen-bond donors (Lipinski definition) is 2. The van der Waals surface area contributed by atoms with Crippen molar-refractivity contribution in [1.29, 1.82) is 0 Å². The predicted octanol–water partition coefficient (Wildman–Crippen LogP) is 4.78. The van der Waals surface area contributed by atoms with Gasteiger partial charge in [-0.25, -0.2) is 21.5 Å². The van der Waals surface area contributed by atoms with E-state index in [0.29, 0.717) is 5.69 Å². The zero-order chi connectivity index (χ0) is 23.6. The van der Waals surface area contributed by atoms with Crippen LogP contribution in [-0.2, 0) is 20.0 Å². The zero-order valence-corrected chi connectivity index (χ0v) is 19.8. The van der Waals surface area contributed by atoms with Crippen LogP contribution in [0.4, 0.5) is 11.5 Å². The van der Waals surface area contributed by atoms with Gasteiger partial charge in [-0.3, -0.25) is 9.44 Å². The standard InChI is InChI=1S/C21H16Cl2N4O4S2/c22-19-11-10-18(14-20(19)23)33(30,31)25-15-6-8-17(9-7-15)32(28,29)26-21-12-13-24-27(21)16-4-2-1-3-5-16/h1-14,25-26H. The smallest absolute Gasteiger partial charge is 0.263 e. The number of aromatic nitrogens is 2. The van der Waals surface area contributed by atoms with Crippen LogP contribution in [0, 0.1) is 0 Å². The summed E-state index contributed by atoms with van der Waals surface area (Å²) >= 11 is 11.7. The molecule has 0 aliphatic carbocycles. The van der Waals surface area contributed by atoms with Gasteiger partial charge in [0, 0.05) is 11.8 Å². The van der Waals surface area contributed by atoms with Crippen molar-refractivity contribution in [2.45, 2.75) is 9.79 Å². The number of sulfonamides is 2. The fourth-order valence-corrected chi connectivity index (χ4v) is 5.40. The van der Waals surface area contributed by atoms with Crippen LogP contribution in [0.5, 0.6) is 0 Å². The minimum Gasteiger partial charge on any atom is -0.280 e. The quantitative estimate of drug-likeness (QED) is 0.362. The molecule has 1 heterocycles. The fraction of sp³-hybridized carbons (Fsp3) is 0. The molecule has 33 heavy (non-hydrogen) atoms. The van der Waals surface area contributed by atoms with E-state index >= 15 is 0 Å². The maximum Gasteiger partial charge on any atom is 0.263 e. The largest absolute Gasteiger partial charge is 0.280 e. The van der Waals surface area contributed by atoms with Crippen molar-refractivity contribution in [3.05, 3.63) is 95.1 Å². The van der Waals surface area contributed by atoms with Crippen molar-refractivity contribution in [2.24, 2.45) is 0 Å². The Kier molecular flexibility index (Phi) is 6.35. The van der Waals surface area contributed by atoms with E-state index in [9.17, 15) is 16.8 Å². The summed E-state index contributed by atoms with van der Waals surface area (Å²) < 4.78 is 57.2. The van der Waals surface area contributed by atoms with Crippen molar-refractivity contribution in [3.8, 4) is 5.69 Å². The van der Waals surface area contributed by atoms with Crippen LogP contribution in [0.3, 0.4) is 0 Å². The molecule has 0 radical (unpaired) electrons. The predicted molar refractivity (Wildman–Crippen MR) is 128 cm³/mol. The van der Waals surface area contributed by atoms with Crippen molar-refractivity contribution in [3.63, 3.8) is 0 Å². The van der Waals surface area contributed by atoms with E-state index in [2.05, 4.69) is 14.5 Å². The highest BCUT2D eigenvalue weighted by Gasteiger charge is 2.19. The van der Waals surface area contributed by atoms with Gasteiger partial charge in [-0.05, 0) is 54.6 Å². The highest BCUT2D eigenvalue weighted by molar-refractivity contribution is 7.93. The average molecular weight is 523 g/mol. The van der Waals surface area contributed by atoms with Gasteiger partial charge >= 0.3 is 0 Å². The Labute approximate surface area is 200 Å². The Bertz CT molecular complexity index is 1510. The van der Waals surface area contributed by atoms with Crippen LogP contribution in [0.15, 0.2) is 94.9 Å². The third kappa shape index (κ3) is 5.14. The maximum atomic E-state index is 12.9. The molecule has 4 rings (SSSR count). The first kappa shape index (κ1) is 23.1. The van der Waals surface area contributed by atoms with Crippen molar-refractivity contribution in [1.82, 2.24) is 9.78 Å². The van der Waals surface area contributed by atoms with E-state index in [1.807, 2.05) is 18.2 Å². The van der Waals surface area contributed by atoms with E-state index in [1.165, 1.54) is 59.4 Å². The number of nitrogens with one attached hydrogen (secondary N) is 2. The molecular formula is C21H16Cl2N4O4S2. The highest BCUT2D eigenvalue weighted by atomic mass is 35.5. The molecule has 0 fully saturated rings. The SMILES string of the molecule is O=S(=O)(Nc1ccc(S(=O)(=O)Nc2ccnn2-c2ccccc2)cc1)c1ccc(Cl)c(Cl)c1. The van der Waals surface area contributed by atoms with Crippen molar-refractivity contribution >= 4 is 54.8 Å². The Morgan fingerprint density at radius 3 is 2.00 bits per heavy atom. The second kappa shape index (κ2) is 9.06. The Hall–Kier alpha value is -3.05. The lowest BCUT2D eigenvalue weighted by molar-refractivity contribution is 0.599. The number of halogens is 2. The summed E-state index contributed by atoms with van der Waals surface area (Å²) in [5.74, 6) is 0.255. The minimum atomic E-state index is -3.96. The molecule has 0 saturated heterocycles. The summed E-state index contributed by atoms with van der Waals surface area (Å²) in [7, 11) is -7.90. The number of anilines is 2. The van der Waals surface area contributed by atoms with Gasteiger partial charge < -0.3 is 0 Å². The number of para-hydroxylation sites is 1. The molecule has 8 nitrogen and oxygen atoms in total. The molecule has 0 bridgehead atoms. The minimum absolute atomic E-state index is 0.0548. The summed E-state index contributed by atoms with van der Waals surface area (Å²) in [6.45, 7) is 0. The molecule has 0 spiro atoms. The first-order valence-corrected chi connectivity index (χ1v) is 13.1. The fourth-order valence-electron chi connectivity index (χ4n) is 2.91. The van der Waals surface area contributed by atoms with Crippen LogP contribution >= 0.6 is 23.2 Å². The molecule has 0 saturated carbocycles. The normalized spacial score (nSPS) is 11.8. The summed E-state index contributed by atoms with van der Waals surface area (Å²) in [4.78, 5) is -0.134. The van der Waals surface area contributed by atoms with Gasteiger partial charge in [0.25, 0.3) is 20.0 Å². The van der Waals surface area contributed by atoms with E-state index in [0.717, 1.165) is 0 Å².